The summed E-state index contributed by atoms with van der Waals surface area (Å²) in [5, 5.41) is 20.3. The minimum atomic E-state index is -4.99. The van der Waals surface area contributed by atoms with E-state index in [9.17, 15) is 36.7 Å². The summed E-state index contributed by atoms with van der Waals surface area (Å²) in [4.78, 5) is 11.4. The van der Waals surface area contributed by atoms with Gasteiger partial charge in [-0.05, 0) is 35.3 Å². The standard InChI is InChI=1S/C15H14O10S2.2Na.H2O/c1-24-14-9(26(19)20)5-3-7(12(14)17)11(16)8-4-6-10(27(21,22)23)15(25-2)13(8)18;;;/h3-6,17-18H,1-2H3,(H,19,20)(H,21,22,23);;;1H2/q;2*+1;/p-3. The molecule has 0 aromatic heterocycles. The van der Waals surface area contributed by atoms with Gasteiger partial charge in [-0.3, -0.25) is 9.00 Å². The fourth-order valence-corrected chi connectivity index (χ4v) is 3.49. The first kappa shape index (κ1) is 31.5. The molecule has 15 heteroatoms. The Labute approximate surface area is 218 Å². The molecular formula is C15H13Na2O11S2-. The Kier molecular flexibility index (Phi) is 13.0. The first-order chi connectivity index (χ1) is 12.5. The topological polar surface area (TPSA) is 203 Å². The van der Waals surface area contributed by atoms with Crippen molar-refractivity contribution in [3.63, 3.8) is 0 Å². The van der Waals surface area contributed by atoms with Crippen LogP contribution in [-0.4, -0.2) is 57.4 Å². The van der Waals surface area contributed by atoms with E-state index in [1.165, 1.54) is 0 Å². The number of phenols is 2. The van der Waals surface area contributed by atoms with Crippen LogP contribution in [0, 0.1) is 0 Å². The van der Waals surface area contributed by atoms with E-state index in [-0.39, 0.29) is 64.6 Å². The molecule has 0 fully saturated rings. The zero-order valence-electron chi connectivity index (χ0n) is 16.2. The fraction of sp³-hybridized carbons (Fsp3) is 0.133. The summed E-state index contributed by atoms with van der Waals surface area (Å²) >= 11 is -2.76. The van der Waals surface area contributed by atoms with Gasteiger partial charge >= 0.3 is 59.1 Å². The minimum Gasteiger partial charge on any atom is -0.870 e. The molecule has 0 amide bonds. The Morgan fingerprint density at radius 2 is 1.40 bits per heavy atom. The van der Waals surface area contributed by atoms with E-state index in [0.717, 1.165) is 38.5 Å². The summed E-state index contributed by atoms with van der Waals surface area (Å²) in [7, 11) is -2.93. The zero-order valence-corrected chi connectivity index (χ0v) is 21.9. The largest absolute Gasteiger partial charge is 1.00 e. The third-order valence-electron chi connectivity index (χ3n) is 3.54. The van der Waals surface area contributed by atoms with Crippen LogP contribution in [0.4, 0.5) is 0 Å². The zero-order chi connectivity index (χ0) is 20.5. The first-order valence-corrected chi connectivity index (χ1v) is 9.42. The van der Waals surface area contributed by atoms with E-state index >= 15 is 0 Å². The molecular weight excluding hydrogens is 466 g/mol. The Hall–Kier alpha value is -0.710. The average molecular weight is 479 g/mol. The second kappa shape index (κ2) is 12.4. The predicted octanol–water partition coefficient (Wildman–Crippen LogP) is -5.68. The molecule has 1 atom stereocenters. The van der Waals surface area contributed by atoms with Crippen molar-refractivity contribution in [3.8, 4) is 23.0 Å². The van der Waals surface area contributed by atoms with Crippen LogP contribution in [0.3, 0.4) is 0 Å². The van der Waals surface area contributed by atoms with Crippen LogP contribution in [0.5, 0.6) is 23.0 Å². The number of hydrogen-bond donors (Lipinski definition) is 2. The Morgan fingerprint density at radius 3 is 1.80 bits per heavy atom. The Bertz CT molecular complexity index is 1060. The van der Waals surface area contributed by atoms with Crippen LogP contribution in [-0.2, 0) is 21.2 Å². The van der Waals surface area contributed by atoms with E-state index < -0.39 is 70.9 Å². The van der Waals surface area contributed by atoms with Gasteiger partial charge in [0.15, 0.2) is 23.0 Å². The number of carbonyl (C=O) groups is 1. The molecule has 2 rings (SSSR count). The second-order valence-corrected chi connectivity index (χ2v) is 7.26. The molecule has 154 valence electrons. The molecule has 2 aromatic rings. The van der Waals surface area contributed by atoms with Crippen molar-refractivity contribution >= 4 is 27.0 Å². The van der Waals surface area contributed by atoms with Crippen LogP contribution in [0.15, 0.2) is 34.1 Å². The van der Waals surface area contributed by atoms with E-state index in [1.807, 2.05) is 0 Å². The average Bonchev–Trinajstić information content (AvgIpc) is 2.59. The van der Waals surface area contributed by atoms with Gasteiger partial charge in [-0.1, -0.05) is 0 Å². The van der Waals surface area contributed by atoms with E-state index in [0.29, 0.717) is 0 Å². The normalized spacial score (nSPS) is 11.2. The number of methoxy groups -OCH3 is 2. The summed E-state index contributed by atoms with van der Waals surface area (Å²) in [5.74, 6) is -3.96. The van der Waals surface area contributed by atoms with Crippen LogP contribution >= 0.6 is 0 Å². The van der Waals surface area contributed by atoms with Gasteiger partial charge in [0.25, 0.3) is 0 Å². The minimum absolute atomic E-state index is 0. The third kappa shape index (κ3) is 6.17. The van der Waals surface area contributed by atoms with Crippen molar-refractivity contribution in [1.82, 2.24) is 0 Å². The van der Waals surface area contributed by atoms with Gasteiger partial charge in [0, 0.05) is 0 Å². The van der Waals surface area contributed by atoms with Crippen molar-refractivity contribution in [2.45, 2.75) is 9.79 Å². The molecule has 0 radical (unpaired) electrons. The monoisotopic (exact) mass is 479 g/mol. The molecule has 0 aliphatic heterocycles. The van der Waals surface area contributed by atoms with Crippen LogP contribution in [0.25, 0.3) is 0 Å². The summed E-state index contributed by atoms with van der Waals surface area (Å²) in [5.41, 5.74) is -0.927. The molecule has 0 spiro atoms. The fourth-order valence-electron chi connectivity index (χ4n) is 2.34. The molecule has 30 heavy (non-hydrogen) atoms. The third-order valence-corrected chi connectivity index (χ3v) is 5.08. The maximum absolute atomic E-state index is 12.7. The molecule has 0 bridgehead atoms. The van der Waals surface area contributed by atoms with Gasteiger partial charge in [0.05, 0.1) is 30.2 Å². The molecule has 11 nitrogen and oxygen atoms in total. The number of carbonyl (C=O) groups excluding carboxylic acids is 1. The summed E-state index contributed by atoms with van der Waals surface area (Å²) in [6, 6.07) is 3.61. The predicted molar refractivity (Wildman–Crippen MR) is 89.8 cm³/mol. The van der Waals surface area contributed by atoms with Crippen molar-refractivity contribution in [2.75, 3.05) is 14.2 Å². The number of ketones is 1. The molecule has 2 aromatic carbocycles. The molecule has 0 saturated heterocycles. The Morgan fingerprint density at radius 1 is 0.967 bits per heavy atom. The smallest absolute Gasteiger partial charge is 0.870 e. The number of aromatic hydroxyl groups is 2. The van der Waals surface area contributed by atoms with Gasteiger partial charge in [0.2, 0.25) is 5.78 Å². The van der Waals surface area contributed by atoms with Gasteiger partial charge in [0.1, 0.15) is 15.0 Å². The van der Waals surface area contributed by atoms with E-state index in [2.05, 4.69) is 0 Å². The van der Waals surface area contributed by atoms with Gasteiger partial charge < -0.3 is 34.3 Å². The molecule has 0 aliphatic rings. The van der Waals surface area contributed by atoms with Gasteiger partial charge in [-0.15, -0.1) is 0 Å². The maximum Gasteiger partial charge on any atom is 1.00 e. The number of phenolic OH excluding ortho intramolecular Hbond substituents is 2. The van der Waals surface area contributed by atoms with E-state index in [1.54, 1.807) is 0 Å². The van der Waals surface area contributed by atoms with Crippen molar-refractivity contribution in [2.24, 2.45) is 0 Å². The number of ether oxygens (including phenoxy) is 2. The van der Waals surface area contributed by atoms with Crippen molar-refractivity contribution in [1.29, 1.82) is 0 Å². The molecule has 0 heterocycles. The summed E-state index contributed by atoms with van der Waals surface area (Å²) in [6.07, 6.45) is 0. The Balaban J connectivity index is 0. The summed E-state index contributed by atoms with van der Waals surface area (Å²) < 4.78 is 65.4. The second-order valence-electron chi connectivity index (χ2n) is 5.00. The summed E-state index contributed by atoms with van der Waals surface area (Å²) in [6.45, 7) is 0. The maximum atomic E-state index is 12.7. The van der Waals surface area contributed by atoms with Crippen LogP contribution < -0.4 is 68.6 Å². The quantitative estimate of drug-likeness (QED) is 0.173. The van der Waals surface area contributed by atoms with Gasteiger partial charge in [-0.25, -0.2) is 8.42 Å². The molecule has 1 unspecified atom stereocenters. The number of benzene rings is 2. The van der Waals surface area contributed by atoms with Gasteiger partial charge in [-0.2, -0.15) is 0 Å². The molecule has 3 N–H and O–H groups in total. The SMILES string of the molecule is COc1c(S(=O)[O-])ccc(C(=O)c2ccc(S(=O)(=O)[O-])c(OC)c2O)c1O.[Na+].[Na+].[OH-]. The van der Waals surface area contributed by atoms with Crippen molar-refractivity contribution in [3.05, 3.63) is 35.4 Å². The molecule has 0 aliphatic carbocycles. The van der Waals surface area contributed by atoms with Crippen LogP contribution in [0.1, 0.15) is 15.9 Å². The molecule has 0 saturated carbocycles. The van der Waals surface area contributed by atoms with E-state index in [4.69, 9.17) is 9.47 Å². The van der Waals surface area contributed by atoms with Crippen LogP contribution in [0.2, 0.25) is 0 Å². The number of rotatable bonds is 6. The van der Waals surface area contributed by atoms with Crippen molar-refractivity contribution < 1.29 is 111 Å². The number of hydrogen-bond acceptors (Lipinski definition) is 11. The first-order valence-electron chi connectivity index (χ1n) is 6.94.